The standard InChI is InChI=1S/C29H54N3O8PS/c30-28-18-19-32(29(34)31-28)23-27(24-33)39-25-41(35,36)40-20-14-22-42(37,38)21-12-10-8-6-4-2-1-3-5-7-9-11-15-26-16-13-17-26/h18-19,26-27,33H,1-17,20-25H2,(H,35,36)(H2,30,31,34). The highest BCUT2D eigenvalue weighted by Gasteiger charge is 2.23. The number of nitrogen functional groups attached to an aromatic ring is 1. The maximum atomic E-state index is 12.3. The van der Waals surface area contributed by atoms with Gasteiger partial charge in [-0.15, -0.1) is 0 Å². The van der Waals surface area contributed by atoms with Crippen molar-refractivity contribution in [3.05, 3.63) is 22.7 Å². The minimum Gasteiger partial charge on any atom is -0.394 e. The monoisotopic (exact) mass is 635 g/mol. The maximum absolute atomic E-state index is 12.3. The molecule has 0 saturated heterocycles. The number of unbranched alkanes of at least 4 members (excludes halogenated alkanes) is 11. The Morgan fingerprint density at radius 2 is 1.55 bits per heavy atom. The Morgan fingerprint density at radius 3 is 2.10 bits per heavy atom. The molecule has 13 heteroatoms. The smallest absolute Gasteiger partial charge is 0.353 e. The molecular weight excluding hydrogens is 581 g/mol. The van der Waals surface area contributed by atoms with Gasteiger partial charge in [-0.3, -0.25) is 9.13 Å². The summed E-state index contributed by atoms with van der Waals surface area (Å²) in [6.07, 6.45) is 20.0. The maximum Gasteiger partial charge on any atom is 0.353 e. The van der Waals surface area contributed by atoms with Crippen molar-refractivity contribution in [2.75, 3.05) is 36.8 Å². The van der Waals surface area contributed by atoms with Crippen molar-refractivity contribution >= 4 is 23.3 Å². The molecule has 2 rings (SSSR count). The molecule has 0 amide bonds. The lowest BCUT2D eigenvalue weighted by Gasteiger charge is -2.24. The minimum absolute atomic E-state index is 0.0544. The molecule has 1 saturated carbocycles. The number of nitrogens with zero attached hydrogens (tertiary/aromatic N) is 2. The molecule has 1 aliphatic carbocycles. The number of aromatic nitrogens is 2. The molecule has 42 heavy (non-hydrogen) atoms. The predicted octanol–water partition coefficient (Wildman–Crippen LogP) is 5.04. The second-order valence-corrected chi connectivity index (χ2v) is 15.8. The second-order valence-electron chi connectivity index (χ2n) is 11.7. The average molecular weight is 636 g/mol. The fraction of sp³-hybridized carbons (Fsp3) is 0.862. The van der Waals surface area contributed by atoms with Crippen molar-refractivity contribution in [1.82, 2.24) is 9.55 Å². The van der Waals surface area contributed by atoms with E-state index in [9.17, 15) is 27.8 Å². The van der Waals surface area contributed by atoms with E-state index in [4.69, 9.17) is 15.0 Å². The lowest BCUT2D eigenvalue weighted by Crippen LogP contribution is -2.32. The Balaban J connectivity index is 1.43. The molecule has 0 spiro atoms. The normalized spacial score (nSPS) is 16.2. The molecule has 0 bridgehead atoms. The third-order valence-corrected chi connectivity index (χ3v) is 10.8. The van der Waals surface area contributed by atoms with Crippen LogP contribution in [0.5, 0.6) is 0 Å². The van der Waals surface area contributed by atoms with E-state index < -0.39 is 42.2 Å². The highest BCUT2D eigenvalue weighted by molar-refractivity contribution is 7.91. The summed E-state index contributed by atoms with van der Waals surface area (Å²) < 4.78 is 48.3. The predicted molar refractivity (Wildman–Crippen MR) is 166 cm³/mol. The first-order valence-electron chi connectivity index (χ1n) is 15.8. The van der Waals surface area contributed by atoms with Gasteiger partial charge >= 0.3 is 13.3 Å². The molecule has 11 nitrogen and oxygen atoms in total. The average Bonchev–Trinajstić information content (AvgIpc) is 2.91. The van der Waals surface area contributed by atoms with Gasteiger partial charge in [-0.25, -0.2) is 13.2 Å². The largest absolute Gasteiger partial charge is 0.394 e. The van der Waals surface area contributed by atoms with E-state index in [1.54, 1.807) is 0 Å². The zero-order chi connectivity index (χ0) is 30.7. The molecule has 1 aromatic rings. The van der Waals surface area contributed by atoms with Gasteiger partial charge in [0.25, 0.3) is 0 Å². The summed E-state index contributed by atoms with van der Waals surface area (Å²) in [7, 11) is -7.42. The van der Waals surface area contributed by atoms with Gasteiger partial charge in [0.1, 0.15) is 22.0 Å². The van der Waals surface area contributed by atoms with Crippen LogP contribution in [-0.4, -0.2) is 65.1 Å². The van der Waals surface area contributed by atoms with Crippen LogP contribution < -0.4 is 11.4 Å². The van der Waals surface area contributed by atoms with Gasteiger partial charge in [-0.05, 0) is 24.8 Å². The van der Waals surface area contributed by atoms with Crippen LogP contribution in [0.1, 0.15) is 109 Å². The van der Waals surface area contributed by atoms with Crippen LogP contribution in [0.4, 0.5) is 5.82 Å². The summed E-state index contributed by atoms with van der Waals surface area (Å²) in [6.45, 7) is -0.807. The highest BCUT2D eigenvalue weighted by atomic mass is 32.2. The first-order valence-corrected chi connectivity index (χ1v) is 19.4. The molecule has 4 N–H and O–H groups in total. The van der Waals surface area contributed by atoms with Crippen LogP contribution in [0, 0.1) is 5.92 Å². The Kier molecular flexibility index (Phi) is 18.1. The van der Waals surface area contributed by atoms with E-state index in [0.717, 1.165) is 29.7 Å². The van der Waals surface area contributed by atoms with Crippen molar-refractivity contribution in [3.8, 4) is 0 Å². The lowest BCUT2D eigenvalue weighted by molar-refractivity contribution is 0.0168. The lowest BCUT2D eigenvalue weighted by atomic mass is 9.81. The molecule has 2 unspecified atom stereocenters. The number of hydrogen-bond acceptors (Lipinski definition) is 9. The molecule has 1 fully saturated rings. The second kappa shape index (κ2) is 20.6. The first kappa shape index (κ1) is 36.9. The Labute approximate surface area is 252 Å². The molecule has 1 aromatic heterocycles. The number of nitrogens with two attached hydrogens (primary N) is 1. The van der Waals surface area contributed by atoms with Gasteiger partial charge in [0.15, 0.2) is 0 Å². The number of ether oxygens (including phenoxy) is 1. The Hall–Kier alpha value is -1.30. The van der Waals surface area contributed by atoms with Gasteiger partial charge in [-0.1, -0.05) is 96.3 Å². The minimum atomic E-state index is -4.17. The van der Waals surface area contributed by atoms with Crippen molar-refractivity contribution in [2.45, 2.75) is 122 Å². The third kappa shape index (κ3) is 17.1. The number of hydrogen-bond donors (Lipinski definition) is 3. The molecule has 1 heterocycles. The van der Waals surface area contributed by atoms with Crippen LogP contribution in [0.25, 0.3) is 0 Å². The van der Waals surface area contributed by atoms with Crippen molar-refractivity contribution in [3.63, 3.8) is 0 Å². The van der Waals surface area contributed by atoms with Gasteiger partial charge in [0.05, 0.1) is 37.4 Å². The fourth-order valence-corrected chi connectivity index (χ4v) is 7.39. The summed E-state index contributed by atoms with van der Waals surface area (Å²) in [5, 5.41) is 9.48. The molecule has 0 radical (unpaired) electrons. The fourth-order valence-electron chi connectivity index (χ4n) is 5.09. The highest BCUT2D eigenvalue weighted by Crippen LogP contribution is 2.42. The van der Waals surface area contributed by atoms with E-state index in [0.29, 0.717) is 6.42 Å². The van der Waals surface area contributed by atoms with E-state index in [1.165, 1.54) is 89.3 Å². The summed E-state index contributed by atoms with van der Waals surface area (Å²) in [4.78, 5) is 25.4. The van der Waals surface area contributed by atoms with Crippen LogP contribution in [0.3, 0.4) is 0 Å². The van der Waals surface area contributed by atoms with E-state index >= 15 is 0 Å². The van der Waals surface area contributed by atoms with Crippen molar-refractivity contribution in [1.29, 1.82) is 0 Å². The molecule has 244 valence electrons. The number of aliphatic hydroxyl groups excluding tert-OH is 1. The topological polar surface area (TPSA) is 171 Å². The van der Waals surface area contributed by atoms with Gasteiger partial charge < -0.3 is 25.0 Å². The summed E-state index contributed by atoms with van der Waals surface area (Å²) in [6, 6.07) is 1.41. The first-order chi connectivity index (χ1) is 20.1. The molecule has 2 atom stereocenters. The number of sulfone groups is 1. The third-order valence-electron chi connectivity index (χ3n) is 7.91. The van der Waals surface area contributed by atoms with Crippen LogP contribution >= 0.6 is 7.60 Å². The van der Waals surface area contributed by atoms with Crippen molar-refractivity contribution in [2.24, 2.45) is 5.92 Å². The Bertz CT molecular complexity index is 1080. The van der Waals surface area contributed by atoms with E-state index in [2.05, 4.69) is 4.98 Å². The van der Waals surface area contributed by atoms with E-state index in [-0.39, 0.29) is 36.9 Å². The molecule has 1 aliphatic rings. The zero-order valence-electron chi connectivity index (χ0n) is 25.2. The van der Waals surface area contributed by atoms with Crippen LogP contribution in [0.15, 0.2) is 17.1 Å². The van der Waals surface area contributed by atoms with Gasteiger partial charge in [-0.2, -0.15) is 4.98 Å². The molecular formula is C29H54N3O8PS. The molecule has 0 aromatic carbocycles. The quantitative estimate of drug-likeness (QED) is 0.0925. The number of rotatable bonds is 26. The SMILES string of the molecule is Nc1ccn(CC(CO)OCP(=O)(O)OCCCS(=O)(=O)CCCCCCCCCCCCCCC2CCC2)c(=O)n1. The van der Waals surface area contributed by atoms with E-state index in [1.807, 2.05) is 0 Å². The number of aliphatic hydroxyl groups is 1. The zero-order valence-corrected chi connectivity index (χ0v) is 27.0. The van der Waals surface area contributed by atoms with Crippen LogP contribution in [-0.2, 0) is 30.2 Å². The van der Waals surface area contributed by atoms with Crippen molar-refractivity contribution < 1.29 is 32.2 Å². The molecule has 0 aliphatic heterocycles. The number of anilines is 1. The summed E-state index contributed by atoms with van der Waals surface area (Å²) in [5.74, 6) is 1.10. The Morgan fingerprint density at radius 1 is 0.976 bits per heavy atom. The summed E-state index contributed by atoms with van der Waals surface area (Å²) in [5.41, 5.74) is 4.80. The van der Waals surface area contributed by atoms with Crippen LogP contribution in [0.2, 0.25) is 0 Å². The van der Waals surface area contributed by atoms with Gasteiger partial charge in [0.2, 0.25) is 0 Å². The summed E-state index contributed by atoms with van der Waals surface area (Å²) >= 11 is 0. The van der Waals surface area contributed by atoms with Gasteiger partial charge in [0, 0.05) is 6.20 Å².